The molecule has 0 atom stereocenters. The zero-order valence-electron chi connectivity index (χ0n) is 14.9. The molecule has 4 nitrogen and oxygen atoms in total. The number of hydrazone groups is 1. The Bertz CT molecular complexity index is 1010. The Morgan fingerprint density at radius 3 is 2.67 bits per heavy atom. The van der Waals surface area contributed by atoms with Gasteiger partial charge in [0.25, 0.3) is 0 Å². The van der Waals surface area contributed by atoms with E-state index in [0.717, 1.165) is 22.3 Å². The van der Waals surface area contributed by atoms with Gasteiger partial charge in [-0.2, -0.15) is 5.10 Å². The molecular weight excluding hydrogens is 383 g/mol. The summed E-state index contributed by atoms with van der Waals surface area (Å²) in [5.41, 5.74) is 6.52. The lowest BCUT2D eigenvalue weighted by Gasteiger charge is -2.05. The molecule has 1 aromatic heterocycles. The predicted molar refractivity (Wildman–Crippen MR) is 110 cm³/mol. The molecule has 0 aliphatic heterocycles. The Morgan fingerprint density at radius 2 is 1.89 bits per heavy atom. The number of aryl methyl sites for hydroxylation is 2. The Balaban J connectivity index is 1.61. The second-order valence-corrected chi connectivity index (χ2v) is 7.05. The molecule has 6 heteroatoms. The molecule has 1 N–H and O–H groups in total. The summed E-state index contributed by atoms with van der Waals surface area (Å²) in [6, 6.07) is 14.9. The third-order valence-electron chi connectivity index (χ3n) is 4.07. The number of carbonyl (C=O) groups is 1. The van der Waals surface area contributed by atoms with Crippen LogP contribution in [0.2, 0.25) is 10.0 Å². The molecule has 138 valence electrons. The maximum atomic E-state index is 12.1. The standard InChI is InChI=1S/C21H18Cl2N2O2/c1-13-3-4-14(2)16(9-13)11-21(26)25-24-12-17-6-8-20(27-17)15-5-7-18(22)19(23)10-15/h3-10,12H,11H2,1-2H3,(H,25,26)/b24-12-. The van der Waals surface area contributed by atoms with Gasteiger partial charge in [0.2, 0.25) is 5.91 Å². The number of rotatable bonds is 5. The van der Waals surface area contributed by atoms with Crippen molar-refractivity contribution >= 4 is 35.3 Å². The minimum absolute atomic E-state index is 0.184. The largest absolute Gasteiger partial charge is 0.455 e. The van der Waals surface area contributed by atoms with Gasteiger partial charge in [0.05, 0.1) is 22.7 Å². The third-order valence-corrected chi connectivity index (χ3v) is 4.81. The van der Waals surface area contributed by atoms with Gasteiger partial charge in [-0.3, -0.25) is 4.79 Å². The van der Waals surface area contributed by atoms with E-state index in [2.05, 4.69) is 10.5 Å². The highest BCUT2D eigenvalue weighted by Gasteiger charge is 2.07. The van der Waals surface area contributed by atoms with E-state index in [4.69, 9.17) is 27.6 Å². The summed E-state index contributed by atoms with van der Waals surface area (Å²) >= 11 is 12.0. The van der Waals surface area contributed by atoms with E-state index in [1.807, 2.05) is 38.1 Å². The van der Waals surface area contributed by atoms with Crippen molar-refractivity contribution in [2.75, 3.05) is 0 Å². The van der Waals surface area contributed by atoms with Gasteiger partial charge in [0.15, 0.2) is 0 Å². The number of benzene rings is 2. The molecule has 0 bridgehead atoms. The molecule has 27 heavy (non-hydrogen) atoms. The summed E-state index contributed by atoms with van der Waals surface area (Å²) in [4.78, 5) is 12.1. The average Bonchev–Trinajstić information content (AvgIpc) is 3.09. The van der Waals surface area contributed by atoms with Gasteiger partial charge in [-0.25, -0.2) is 5.43 Å². The quantitative estimate of drug-likeness (QED) is 0.449. The summed E-state index contributed by atoms with van der Waals surface area (Å²) in [6.45, 7) is 3.99. The summed E-state index contributed by atoms with van der Waals surface area (Å²) < 4.78 is 5.70. The Kier molecular flexibility index (Phi) is 5.99. The van der Waals surface area contributed by atoms with Crippen LogP contribution >= 0.6 is 23.2 Å². The number of hydrogen-bond donors (Lipinski definition) is 1. The molecule has 0 saturated heterocycles. The fraction of sp³-hybridized carbons (Fsp3) is 0.143. The first-order chi connectivity index (χ1) is 12.9. The van der Waals surface area contributed by atoms with Gasteiger partial charge in [-0.15, -0.1) is 0 Å². The van der Waals surface area contributed by atoms with Gasteiger partial charge >= 0.3 is 0 Å². The Labute approximate surface area is 167 Å². The lowest BCUT2D eigenvalue weighted by molar-refractivity contribution is -0.120. The minimum Gasteiger partial charge on any atom is -0.455 e. The van der Waals surface area contributed by atoms with Crippen molar-refractivity contribution in [3.63, 3.8) is 0 Å². The number of nitrogens with zero attached hydrogens (tertiary/aromatic N) is 1. The molecule has 3 aromatic rings. The molecule has 0 radical (unpaired) electrons. The molecule has 0 saturated carbocycles. The summed E-state index contributed by atoms with van der Waals surface area (Å²) in [5.74, 6) is 0.969. The first-order valence-electron chi connectivity index (χ1n) is 8.35. The molecule has 3 rings (SSSR count). The maximum absolute atomic E-state index is 12.1. The van der Waals surface area contributed by atoms with E-state index in [-0.39, 0.29) is 12.3 Å². The average molecular weight is 401 g/mol. The predicted octanol–water partition coefficient (Wildman–Crippen LogP) is 5.56. The van der Waals surface area contributed by atoms with Gasteiger partial charge < -0.3 is 4.42 Å². The fourth-order valence-corrected chi connectivity index (χ4v) is 2.90. The van der Waals surface area contributed by atoms with E-state index in [9.17, 15) is 4.79 Å². The van der Waals surface area contributed by atoms with Crippen LogP contribution < -0.4 is 5.43 Å². The Hall–Kier alpha value is -2.56. The number of amides is 1. The van der Waals surface area contributed by atoms with Crippen LogP contribution in [0.25, 0.3) is 11.3 Å². The molecule has 0 aliphatic rings. The van der Waals surface area contributed by atoms with E-state index < -0.39 is 0 Å². The van der Waals surface area contributed by atoms with Crippen LogP contribution in [0.4, 0.5) is 0 Å². The monoisotopic (exact) mass is 400 g/mol. The second-order valence-electron chi connectivity index (χ2n) is 6.23. The Morgan fingerprint density at radius 1 is 1.07 bits per heavy atom. The maximum Gasteiger partial charge on any atom is 0.244 e. The fourth-order valence-electron chi connectivity index (χ4n) is 2.60. The van der Waals surface area contributed by atoms with Gasteiger partial charge in [-0.05, 0) is 55.3 Å². The molecule has 0 fully saturated rings. The first-order valence-corrected chi connectivity index (χ1v) is 9.11. The van der Waals surface area contributed by atoms with Crippen LogP contribution in [0.3, 0.4) is 0 Å². The van der Waals surface area contributed by atoms with Crippen molar-refractivity contribution in [3.05, 3.63) is 81.0 Å². The molecule has 0 unspecified atom stereocenters. The lowest BCUT2D eigenvalue weighted by Crippen LogP contribution is -2.20. The van der Waals surface area contributed by atoms with Crippen LogP contribution in [-0.4, -0.2) is 12.1 Å². The topological polar surface area (TPSA) is 54.6 Å². The number of halogens is 2. The number of furan rings is 1. The smallest absolute Gasteiger partial charge is 0.244 e. The van der Waals surface area contributed by atoms with Crippen LogP contribution in [0.1, 0.15) is 22.5 Å². The molecule has 1 amide bonds. The van der Waals surface area contributed by atoms with Crippen molar-refractivity contribution in [3.8, 4) is 11.3 Å². The molecular formula is C21H18Cl2N2O2. The van der Waals surface area contributed by atoms with Gasteiger partial charge in [0.1, 0.15) is 11.5 Å². The number of carbonyl (C=O) groups excluding carboxylic acids is 1. The van der Waals surface area contributed by atoms with E-state index >= 15 is 0 Å². The highest BCUT2D eigenvalue weighted by atomic mass is 35.5. The summed E-state index contributed by atoms with van der Waals surface area (Å²) in [6.07, 6.45) is 1.74. The highest BCUT2D eigenvalue weighted by Crippen LogP contribution is 2.29. The van der Waals surface area contributed by atoms with Crippen molar-refractivity contribution in [2.45, 2.75) is 20.3 Å². The molecule has 1 heterocycles. The number of nitrogens with one attached hydrogen (secondary N) is 1. The van der Waals surface area contributed by atoms with Crippen molar-refractivity contribution in [1.82, 2.24) is 5.43 Å². The van der Waals surface area contributed by atoms with Crippen molar-refractivity contribution < 1.29 is 9.21 Å². The van der Waals surface area contributed by atoms with Crippen molar-refractivity contribution in [2.24, 2.45) is 5.10 Å². The van der Waals surface area contributed by atoms with E-state index in [1.165, 1.54) is 6.21 Å². The van der Waals surface area contributed by atoms with Crippen molar-refractivity contribution in [1.29, 1.82) is 0 Å². The minimum atomic E-state index is -0.184. The summed E-state index contributed by atoms with van der Waals surface area (Å²) in [5, 5.41) is 4.91. The van der Waals surface area contributed by atoms with E-state index in [0.29, 0.717) is 21.6 Å². The summed E-state index contributed by atoms with van der Waals surface area (Å²) in [7, 11) is 0. The lowest BCUT2D eigenvalue weighted by atomic mass is 10.0. The molecule has 0 aliphatic carbocycles. The second kappa shape index (κ2) is 8.42. The van der Waals surface area contributed by atoms with Gasteiger partial charge in [-0.1, -0.05) is 47.0 Å². The van der Waals surface area contributed by atoms with E-state index in [1.54, 1.807) is 24.3 Å². The SMILES string of the molecule is Cc1ccc(C)c(CC(=O)N/N=C\c2ccc(-c3ccc(Cl)c(Cl)c3)o2)c1. The van der Waals surface area contributed by atoms with Crippen LogP contribution in [-0.2, 0) is 11.2 Å². The first kappa shape index (κ1) is 19.2. The normalized spacial score (nSPS) is 11.1. The molecule has 2 aromatic carbocycles. The third kappa shape index (κ3) is 5.00. The zero-order chi connectivity index (χ0) is 19.4. The van der Waals surface area contributed by atoms with Crippen LogP contribution in [0, 0.1) is 13.8 Å². The molecule has 0 spiro atoms. The zero-order valence-corrected chi connectivity index (χ0v) is 16.4. The van der Waals surface area contributed by atoms with Crippen LogP contribution in [0.15, 0.2) is 58.0 Å². The van der Waals surface area contributed by atoms with Crippen LogP contribution in [0.5, 0.6) is 0 Å². The van der Waals surface area contributed by atoms with Gasteiger partial charge in [0, 0.05) is 5.56 Å². The highest BCUT2D eigenvalue weighted by molar-refractivity contribution is 6.42. The number of hydrogen-bond acceptors (Lipinski definition) is 3.